The zero-order valence-electron chi connectivity index (χ0n) is 28.3. The van der Waals surface area contributed by atoms with Crippen molar-refractivity contribution >= 4 is 135 Å². The average molecular weight is 1610 g/mol. The number of halogens is 6. The van der Waals surface area contributed by atoms with E-state index in [0.717, 1.165) is 14.7 Å². The molecule has 0 aliphatic rings. The Kier molecular flexibility index (Phi) is 29.1. The Bertz CT molecular complexity index is 2310. The van der Waals surface area contributed by atoms with Crippen molar-refractivity contribution in [1.29, 1.82) is 0 Å². The van der Waals surface area contributed by atoms with E-state index in [1.165, 1.54) is 12.1 Å². The van der Waals surface area contributed by atoms with Crippen LogP contribution in [-0.4, -0.2) is 149 Å². The van der Waals surface area contributed by atoms with Gasteiger partial charge in [0.2, 0.25) is 0 Å². The fraction of sp³-hybridized carbons (Fsp3) is 0. The summed E-state index contributed by atoms with van der Waals surface area (Å²) in [4.78, 5) is 2.87. The van der Waals surface area contributed by atoms with Crippen molar-refractivity contribution in [2.45, 2.75) is 19.6 Å². The molecule has 36 heteroatoms. The summed E-state index contributed by atoms with van der Waals surface area (Å²) in [5.74, 6) is 0.508. The van der Waals surface area contributed by atoms with Crippen LogP contribution >= 0.6 is 10.3 Å². The van der Waals surface area contributed by atoms with Crippen molar-refractivity contribution in [3.63, 3.8) is 0 Å². The van der Waals surface area contributed by atoms with Gasteiger partial charge in [0.15, 0.2) is 0 Å². The van der Waals surface area contributed by atoms with Gasteiger partial charge in [-0.05, 0) is 71.0 Å². The van der Waals surface area contributed by atoms with Crippen LogP contribution in [0.1, 0.15) is 0 Å². The van der Waals surface area contributed by atoms with Crippen LogP contribution in [0.5, 0.6) is 5.75 Å². The normalized spacial score (nSPS) is 11.9. The van der Waals surface area contributed by atoms with Gasteiger partial charge in [-0.25, -0.2) is 0 Å². The van der Waals surface area contributed by atoms with Gasteiger partial charge in [0.25, 0.3) is 10.1 Å². The van der Waals surface area contributed by atoms with Gasteiger partial charge in [-0.1, -0.05) is 54.6 Å². The van der Waals surface area contributed by atoms with Gasteiger partial charge < -0.3 is 4.18 Å². The maximum atomic E-state index is 11.4. The summed E-state index contributed by atoms with van der Waals surface area (Å²) in [5, 5.41) is 0. The van der Waals surface area contributed by atoms with Crippen LogP contribution < -0.4 is 4.18 Å². The van der Waals surface area contributed by atoms with E-state index < -0.39 is 135 Å². The molecule has 0 atom stereocenters. The van der Waals surface area contributed by atoms with Gasteiger partial charge in [-0.3, -0.25) is 4.55 Å². The molecule has 4 aromatic rings. The van der Waals surface area contributed by atoms with Crippen LogP contribution in [0.2, 0.25) is 0 Å². The molecule has 344 valence electrons. The molecule has 4 rings (SSSR count). The molecule has 0 saturated heterocycles. The summed E-state index contributed by atoms with van der Waals surface area (Å²) in [6, 6.07) is 35.9. The predicted octanol–water partition coefficient (Wildman–Crippen LogP) is 1.68. The van der Waals surface area contributed by atoms with E-state index in [1.807, 2.05) is 91.0 Å². The quantitative estimate of drug-likeness (QED) is 0.0820. The second-order valence-electron chi connectivity index (χ2n) is 9.00. The summed E-state index contributed by atoms with van der Waals surface area (Å²) < 4.78 is 246. The minimum absolute atomic E-state index is 0.172. The van der Waals surface area contributed by atoms with E-state index in [4.69, 9.17) is 62.3 Å². The SMILES string of the molecule is O=S(=O)(O)c1ccc(OS(c2ccccc2)(c2ccccc2)c2ccccc2)cc1.O=[Te](=O)(O)F.O=[Te](=O)(O)F.O=[Te](=O)(O)F.O=[Te](=O)(O)F.O=[Te](=O)(O)F.O=[Te](=O)(O)F. The molecule has 60 heavy (non-hydrogen) atoms. The molecular formula is C24H26F6O22S2Te6. The molecule has 0 bridgehead atoms. The summed E-state index contributed by atoms with van der Waals surface area (Å²) in [6.45, 7) is 0. The van der Waals surface area contributed by atoms with Crippen molar-refractivity contribution < 1.29 is 92.6 Å². The van der Waals surface area contributed by atoms with E-state index in [9.17, 15) is 30.3 Å². The first-order valence-corrected chi connectivity index (χ1v) is 39.2. The van der Waals surface area contributed by atoms with Gasteiger partial charge in [-0.15, -0.1) is 0 Å². The van der Waals surface area contributed by atoms with Crippen LogP contribution in [0.15, 0.2) is 135 Å². The molecule has 0 aliphatic carbocycles. The third kappa shape index (κ3) is 46.1. The van der Waals surface area contributed by atoms with Gasteiger partial charge in [0.1, 0.15) is 5.75 Å². The molecule has 4 aromatic carbocycles. The molecule has 0 saturated carbocycles. The van der Waals surface area contributed by atoms with Gasteiger partial charge >= 0.3 is 190 Å². The second kappa shape index (κ2) is 27.7. The van der Waals surface area contributed by atoms with E-state index in [-0.39, 0.29) is 4.90 Å². The number of hydrogen-bond donors (Lipinski definition) is 7. The minimum atomic E-state index is -6.02. The van der Waals surface area contributed by atoms with E-state index >= 15 is 0 Å². The maximum absolute atomic E-state index is 11.4. The van der Waals surface area contributed by atoms with Gasteiger partial charge in [0, 0.05) is 14.7 Å². The fourth-order valence-corrected chi connectivity index (χ4v) is 6.81. The van der Waals surface area contributed by atoms with Gasteiger partial charge in [-0.2, -0.15) is 8.42 Å². The molecule has 7 N–H and O–H groups in total. The van der Waals surface area contributed by atoms with Crippen molar-refractivity contribution in [3.05, 3.63) is 115 Å². The van der Waals surface area contributed by atoms with Crippen molar-refractivity contribution in [1.82, 2.24) is 0 Å². The molecular weight excluding hydrogens is 1580 g/mol. The summed E-state index contributed by atoms with van der Waals surface area (Å²) in [7, 11) is -6.41. The van der Waals surface area contributed by atoms with E-state index in [0.29, 0.717) is 5.75 Å². The Hall–Kier alpha value is -1.38. The zero-order chi connectivity index (χ0) is 48.0. The zero-order valence-corrected chi connectivity index (χ0v) is 43.9. The molecule has 0 amide bonds. The first kappa shape index (κ1) is 62.9. The van der Waals surface area contributed by atoms with Crippen molar-refractivity contribution in [3.8, 4) is 5.75 Å². The Morgan fingerprint density at radius 3 is 0.700 bits per heavy atom. The Balaban J connectivity index is -0.000000876. The fourth-order valence-electron chi connectivity index (χ4n) is 3.20. The number of benzene rings is 4. The summed E-state index contributed by atoms with van der Waals surface area (Å²) in [5.41, 5.74) is 0. The average Bonchev–Trinajstić information content (AvgIpc) is 3.00. The Morgan fingerprint density at radius 2 is 0.533 bits per heavy atom. The topological polar surface area (TPSA) is 390 Å². The third-order valence-corrected chi connectivity index (χ3v) is 8.69. The molecule has 0 aromatic heterocycles. The second-order valence-corrected chi connectivity index (χ2v) is 27.2. The van der Waals surface area contributed by atoms with Crippen molar-refractivity contribution in [2.75, 3.05) is 0 Å². The van der Waals surface area contributed by atoms with Crippen molar-refractivity contribution in [2.24, 2.45) is 0 Å². The molecule has 0 aliphatic heterocycles. The third-order valence-electron chi connectivity index (χ3n) is 4.57. The van der Waals surface area contributed by atoms with Crippen LogP contribution in [0.3, 0.4) is 0 Å². The standard InChI is InChI=1S/C24H20O4S2.6FHO3Te/c25-30(26,27)24-18-16-20(17-19-24)28-29(21-10-4-1-5-11-21,22-12-6-2-7-13-22)23-14-8-3-9-15-23;6*1-5(2,3)4/h1-19H,(H,25,26,27);6*(H,2,3,4). The van der Waals surface area contributed by atoms with Crippen LogP contribution in [0.4, 0.5) is 17.4 Å². The van der Waals surface area contributed by atoms with Crippen LogP contribution in [0, 0.1) is 0 Å². The monoisotopic (exact) mass is 1620 g/mol. The summed E-state index contributed by atoms with van der Waals surface area (Å²) >= 11 is -36.1. The van der Waals surface area contributed by atoms with E-state index in [1.54, 1.807) is 12.1 Å². The number of rotatable bonds is 6. The first-order valence-electron chi connectivity index (χ1n) is 13.3. The molecule has 0 radical (unpaired) electrons. The number of hydrogen-bond acceptors (Lipinski definition) is 15. The molecule has 22 nitrogen and oxygen atoms in total. The molecule has 0 heterocycles. The van der Waals surface area contributed by atoms with Crippen LogP contribution in [0.25, 0.3) is 0 Å². The predicted molar refractivity (Wildman–Crippen MR) is 181 cm³/mol. The van der Waals surface area contributed by atoms with E-state index in [2.05, 4.69) is 0 Å². The Morgan fingerprint density at radius 1 is 0.350 bits per heavy atom. The Labute approximate surface area is 363 Å². The van der Waals surface area contributed by atoms with Gasteiger partial charge in [0.05, 0.1) is 4.90 Å². The first-order chi connectivity index (χ1) is 26.5. The van der Waals surface area contributed by atoms with Crippen LogP contribution in [-0.2, 0) is 47.4 Å². The summed E-state index contributed by atoms with van der Waals surface area (Å²) in [6.07, 6.45) is 0. The molecule has 0 spiro atoms. The molecule has 0 unspecified atom stereocenters. The molecule has 0 fully saturated rings.